The first-order chi connectivity index (χ1) is 7.59. The van der Waals surface area contributed by atoms with Crippen LogP contribution in [0, 0.1) is 12.7 Å². The Morgan fingerprint density at radius 3 is 2.56 bits per heavy atom. The monoisotopic (exact) mass is 235 g/mol. The van der Waals surface area contributed by atoms with Gasteiger partial charge in [-0.25, -0.2) is 4.39 Å². The Kier molecular flexibility index (Phi) is 3.08. The summed E-state index contributed by atoms with van der Waals surface area (Å²) in [5, 5.41) is 0. The number of thiophene rings is 1. The Balaban J connectivity index is 2.50. The fourth-order valence-corrected chi connectivity index (χ4v) is 2.75. The summed E-state index contributed by atoms with van der Waals surface area (Å²) in [7, 11) is 0. The molecule has 0 bridgehead atoms. The lowest BCUT2D eigenvalue weighted by molar-refractivity contribution is 0.630. The van der Waals surface area contributed by atoms with Gasteiger partial charge in [-0.15, -0.1) is 11.3 Å². The number of benzene rings is 1. The minimum atomic E-state index is -0.168. The topological polar surface area (TPSA) is 26.0 Å². The van der Waals surface area contributed by atoms with E-state index in [4.69, 9.17) is 5.73 Å². The average Bonchev–Trinajstić information content (AvgIpc) is 2.66. The molecule has 1 unspecified atom stereocenters. The van der Waals surface area contributed by atoms with Gasteiger partial charge in [0, 0.05) is 21.4 Å². The van der Waals surface area contributed by atoms with Gasteiger partial charge in [0.2, 0.25) is 0 Å². The highest BCUT2D eigenvalue weighted by molar-refractivity contribution is 7.15. The van der Waals surface area contributed by atoms with E-state index in [1.165, 1.54) is 6.07 Å². The summed E-state index contributed by atoms with van der Waals surface area (Å²) in [6.45, 7) is 3.85. The van der Waals surface area contributed by atoms with E-state index in [0.29, 0.717) is 5.56 Å². The number of rotatable bonds is 2. The van der Waals surface area contributed by atoms with Crippen LogP contribution in [0.15, 0.2) is 30.3 Å². The van der Waals surface area contributed by atoms with Gasteiger partial charge in [0.25, 0.3) is 0 Å². The van der Waals surface area contributed by atoms with E-state index in [9.17, 15) is 4.39 Å². The zero-order valence-corrected chi connectivity index (χ0v) is 10.1. The standard InChI is InChI=1S/C13H14FNS/c1-8-4-3-5-10(14)13(8)12-7-6-11(16-12)9(2)15/h3-7,9H,15H2,1-2H3. The fourth-order valence-electron chi connectivity index (χ4n) is 1.68. The zero-order valence-electron chi connectivity index (χ0n) is 9.33. The number of nitrogens with two attached hydrogens (primary N) is 1. The molecule has 16 heavy (non-hydrogen) atoms. The van der Waals surface area contributed by atoms with E-state index in [0.717, 1.165) is 15.3 Å². The van der Waals surface area contributed by atoms with Gasteiger partial charge in [-0.3, -0.25) is 0 Å². The van der Waals surface area contributed by atoms with Crippen molar-refractivity contribution < 1.29 is 4.39 Å². The molecule has 0 spiro atoms. The van der Waals surface area contributed by atoms with Crippen LogP contribution in [0.2, 0.25) is 0 Å². The van der Waals surface area contributed by atoms with Crippen molar-refractivity contribution in [2.24, 2.45) is 5.73 Å². The molecule has 0 fully saturated rings. The second kappa shape index (κ2) is 4.36. The van der Waals surface area contributed by atoms with Crippen LogP contribution in [0.4, 0.5) is 4.39 Å². The highest BCUT2D eigenvalue weighted by Gasteiger charge is 2.11. The van der Waals surface area contributed by atoms with Crippen LogP contribution >= 0.6 is 11.3 Å². The molecule has 2 N–H and O–H groups in total. The predicted molar refractivity (Wildman–Crippen MR) is 67.1 cm³/mol. The number of aryl methyl sites for hydroxylation is 1. The molecule has 0 radical (unpaired) electrons. The van der Waals surface area contributed by atoms with E-state index in [-0.39, 0.29) is 11.9 Å². The molecule has 1 aromatic carbocycles. The molecule has 84 valence electrons. The summed E-state index contributed by atoms with van der Waals surface area (Å²) in [6, 6.07) is 9.06. The van der Waals surface area contributed by atoms with E-state index in [1.54, 1.807) is 17.4 Å². The Hall–Kier alpha value is -1.19. The molecule has 0 aliphatic carbocycles. The Morgan fingerprint density at radius 1 is 1.25 bits per heavy atom. The number of halogens is 1. The third-order valence-electron chi connectivity index (χ3n) is 2.54. The molecule has 0 aliphatic rings. The average molecular weight is 235 g/mol. The van der Waals surface area contributed by atoms with Crippen LogP contribution < -0.4 is 5.73 Å². The lowest BCUT2D eigenvalue weighted by Crippen LogP contribution is -2.01. The molecule has 0 amide bonds. The van der Waals surface area contributed by atoms with Crippen molar-refractivity contribution in [1.29, 1.82) is 0 Å². The molecule has 1 nitrogen and oxygen atoms in total. The number of hydrogen-bond donors (Lipinski definition) is 1. The third-order valence-corrected chi connectivity index (χ3v) is 3.85. The van der Waals surface area contributed by atoms with Gasteiger partial charge in [-0.05, 0) is 37.6 Å². The van der Waals surface area contributed by atoms with Crippen LogP contribution in [0.5, 0.6) is 0 Å². The van der Waals surface area contributed by atoms with E-state index in [1.807, 2.05) is 32.0 Å². The van der Waals surface area contributed by atoms with Gasteiger partial charge in [-0.2, -0.15) is 0 Å². The van der Waals surface area contributed by atoms with Crippen molar-refractivity contribution in [2.45, 2.75) is 19.9 Å². The first kappa shape index (κ1) is 11.3. The van der Waals surface area contributed by atoms with Crippen LogP contribution in [-0.2, 0) is 0 Å². The molecule has 0 saturated heterocycles. The summed E-state index contributed by atoms with van der Waals surface area (Å²) in [5.41, 5.74) is 7.45. The van der Waals surface area contributed by atoms with Crippen molar-refractivity contribution in [2.75, 3.05) is 0 Å². The molecule has 0 saturated carbocycles. The Labute approximate surface area is 98.7 Å². The van der Waals surface area contributed by atoms with Gasteiger partial charge in [0.05, 0.1) is 0 Å². The first-order valence-electron chi connectivity index (χ1n) is 5.20. The highest BCUT2D eigenvalue weighted by atomic mass is 32.1. The molecule has 3 heteroatoms. The van der Waals surface area contributed by atoms with Crippen LogP contribution in [0.25, 0.3) is 10.4 Å². The van der Waals surface area contributed by atoms with E-state index >= 15 is 0 Å². The lowest BCUT2D eigenvalue weighted by atomic mass is 10.1. The smallest absolute Gasteiger partial charge is 0.132 e. The van der Waals surface area contributed by atoms with Crippen molar-refractivity contribution in [1.82, 2.24) is 0 Å². The van der Waals surface area contributed by atoms with Crippen molar-refractivity contribution >= 4 is 11.3 Å². The summed E-state index contributed by atoms with van der Waals surface area (Å²) in [6.07, 6.45) is 0. The van der Waals surface area contributed by atoms with Gasteiger partial charge in [0.1, 0.15) is 5.82 Å². The van der Waals surface area contributed by atoms with Crippen LogP contribution in [0.1, 0.15) is 23.4 Å². The summed E-state index contributed by atoms with van der Waals surface area (Å²) < 4.78 is 13.7. The second-order valence-electron chi connectivity index (χ2n) is 3.92. The van der Waals surface area contributed by atoms with E-state index in [2.05, 4.69) is 0 Å². The Morgan fingerprint density at radius 2 is 2.00 bits per heavy atom. The molecule has 2 aromatic rings. The van der Waals surface area contributed by atoms with Crippen LogP contribution in [0.3, 0.4) is 0 Å². The number of hydrogen-bond acceptors (Lipinski definition) is 2. The SMILES string of the molecule is Cc1cccc(F)c1-c1ccc(C(C)N)s1. The maximum atomic E-state index is 13.7. The predicted octanol–water partition coefficient (Wildman–Crippen LogP) is 3.88. The molecule has 0 aliphatic heterocycles. The lowest BCUT2D eigenvalue weighted by Gasteiger charge is -2.04. The van der Waals surface area contributed by atoms with Gasteiger partial charge in [0.15, 0.2) is 0 Å². The normalized spacial score (nSPS) is 12.8. The van der Waals surface area contributed by atoms with Gasteiger partial charge in [-0.1, -0.05) is 12.1 Å². The molecule has 1 atom stereocenters. The fraction of sp³-hybridized carbons (Fsp3) is 0.231. The van der Waals surface area contributed by atoms with Gasteiger partial charge >= 0.3 is 0 Å². The summed E-state index contributed by atoms with van der Waals surface area (Å²) >= 11 is 1.56. The first-order valence-corrected chi connectivity index (χ1v) is 6.02. The maximum Gasteiger partial charge on any atom is 0.132 e. The second-order valence-corrected chi connectivity index (χ2v) is 5.04. The Bertz CT molecular complexity index is 482. The van der Waals surface area contributed by atoms with Crippen molar-refractivity contribution in [3.63, 3.8) is 0 Å². The third kappa shape index (κ3) is 2.01. The van der Waals surface area contributed by atoms with Gasteiger partial charge < -0.3 is 5.73 Å². The molecular formula is C13H14FNS. The van der Waals surface area contributed by atoms with Crippen molar-refractivity contribution in [3.8, 4) is 10.4 Å². The molecule has 2 rings (SSSR count). The summed E-state index contributed by atoms with van der Waals surface area (Å²) in [5.74, 6) is -0.168. The molecular weight excluding hydrogens is 221 g/mol. The molecule has 1 heterocycles. The van der Waals surface area contributed by atoms with E-state index < -0.39 is 0 Å². The quantitative estimate of drug-likeness (QED) is 0.839. The largest absolute Gasteiger partial charge is 0.324 e. The maximum absolute atomic E-state index is 13.7. The zero-order chi connectivity index (χ0) is 11.7. The highest BCUT2D eigenvalue weighted by Crippen LogP contribution is 2.34. The minimum Gasteiger partial charge on any atom is -0.324 e. The minimum absolute atomic E-state index is 0.00540. The summed E-state index contributed by atoms with van der Waals surface area (Å²) in [4.78, 5) is 2.03. The van der Waals surface area contributed by atoms with Crippen molar-refractivity contribution in [3.05, 3.63) is 46.6 Å². The van der Waals surface area contributed by atoms with Crippen LogP contribution in [-0.4, -0.2) is 0 Å². The molecule has 1 aromatic heterocycles.